The smallest absolute Gasteiger partial charge is 0.416 e. The first kappa shape index (κ1) is 26.3. The highest BCUT2D eigenvalue weighted by Gasteiger charge is 2.30. The maximum Gasteiger partial charge on any atom is 0.416 e. The van der Waals surface area contributed by atoms with E-state index in [-0.39, 0.29) is 5.69 Å². The van der Waals surface area contributed by atoms with Crippen molar-refractivity contribution in [2.24, 2.45) is 5.10 Å². The van der Waals surface area contributed by atoms with E-state index in [0.29, 0.717) is 30.3 Å². The number of carbonyl (C=O) groups excluding carboxylic acids is 2. The summed E-state index contributed by atoms with van der Waals surface area (Å²) >= 11 is 0. The lowest BCUT2D eigenvalue weighted by Gasteiger charge is -2.13. The van der Waals surface area contributed by atoms with Gasteiger partial charge in [-0.15, -0.1) is 0 Å². The number of benzene rings is 3. The Labute approximate surface area is 205 Å². The molecule has 0 saturated carbocycles. The molecule has 0 radical (unpaired) electrons. The lowest BCUT2D eigenvalue weighted by Crippen LogP contribution is -2.32. The molecule has 0 aliphatic carbocycles. The van der Waals surface area contributed by atoms with Gasteiger partial charge in [0.25, 0.3) is 0 Å². The average Bonchev–Trinajstić information content (AvgIpc) is 2.84. The van der Waals surface area contributed by atoms with Gasteiger partial charge in [0.05, 0.1) is 18.4 Å². The molecule has 36 heavy (non-hydrogen) atoms. The minimum atomic E-state index is -4.57. The number of hydrogen-bond acceptors (Lipinski definition) is 5. The molecular formula is C26H24F3N3O4. The molecule has 10 heteroatoms. The second kappa shape index (κ2) is 11.9. The van der Waals surface area contributed by atoms with Crippen molar-refractivity contribution in [2.75, 3.05) is 11.9 Å². The molecule has 2 amide bonds. The zero-order valence-corrected chi connectivity index (χ0v) is 19.6. The topological polar surface area (TPSA) is 89.0 Å². The van der Waals surface area contributed by atoms with Crippen LogP contribution in [0.15, 0.2) is 71.8 Å². The van der Waals surface area contributed by atoms with E-state index in [9.17, 15) is 22.8 Å². The molecule has 0 atom stereocenters. The van der Waals surface area contributed by atoms with E-state index in [0.717, 1.165) is 29.3 Å². The predicted octanol–water partition coefficient (Wildman–Crippen LogP) is 5.08. The van der Waals surface area contributed by atoms with Crippen LogP contribution in [0.1, 0.15) is 29.2 Å². The van der Waals surface area contributed by atoms with Crippen LogP contribution in [0.2, 0.25) is 0 Å². The molecule has 0 unspecified atom stereocenters. The summed E-state index contributed by atoms with van der Waals surface area (Å²) in [5, 5.41) is 5.84. The van der Waals surface area contributed by atoms with Crippen molar-refractivity contribution in [1.29, 1.82) is 0 Å². The van der Waals surface area contributed by atoms with Gasteiger partial charge in [-0.1, -0.05) is 30.3 Å². The van der Waals surface area contributed by atoms with Crippen LogP contribution in [0, 0.1) is 6.92 Å². The van der Waals surface area contributed by atoms with E-state index in [2.05, 4.69) is 10.4 Å². The third kappa shape index (κ3) is 7.33. The Kier molecular flexibility index (Phi) is 8.66. The van der Waals surface area contributed by atoms with Gasteiger partial charge in [-0.25, -0.2) is 5.43 Å². The molecule has 0 bridgehead atoms. The maximum atomic E-state index is 12.8. The van der Waals surface area contributed by atoms with Crippen LogP contribution in [0.25, 0.3) is 0 Å². The summed E-state index contributed by atoms with van der Waals surface area (Å²) < 4.78 is 50.0. The van der Waals surface area contributed by atoms with Gasteiger partial charge in [-0.2, -0.15) is 18.3 Å². The first-order valence-corrected chi connectivity index (χ1v) is 10.9. The SMILES string of the molecule is CCOc1cc(C=NNC(=O)C(=O)Nc2cccc(C(F)(F)F)c2)ccc1OCc1ccccc1C. The maximum absolute atomic E-state index is 12.8. The van der Waals surface area contributed by atoms with Gasteiger partial charge in [0.15, 0.2) is 11.5 Å². The van der Waals surface area contributed by atoms with Crippen molar-refractivity contribution >= 4 is 23.7 Å². The predicted molar refractivity (Wildman–Crippen MR) is 129 cm³/mol. The van der Waals surface area contributed by atoms with Crippen LogP contribution >= 0.6 is 0 Å². The van der Waals surface area contributed by atoms with Crippen molar-refractivity contribution in [3.05, 3.63) is 89.0 Å². The average molecular weight is 499 g/mol. The third-order valence-corrected chi connectivity index (χ3v) is 4.95. The zero-order chi connectivity index (χ0) is 26.1. The number of ether oxygens (including phenoxy) is 2. The van der Waals surface area contributed by atoms with Gasteiger partial charge in [0, 0.05) is 5.69 Å². The van der Waals surface area contributed by atoms with Crippen LogP contribution in [0.3, 0.4) is 0 Å². The molecule has 0 aliphatic rings. The Morgan fingerprint density at radius 3 is 2.44 bits per heavy atom. The van der Waals surface area contributed by atoms with E-state index < -0.39 is 23.6 Å². The fourth-order valence-corrected chi connectivity index (χ4v) is 3.10. The Morgan fingerprint density at radius 1 is 0.944 bits per heavy atom. The van der Waals surface area contributed by atoms with Gasteiger partial charge in [-0.05, 0) is 66.9 Å². The molecule has 0 spiro atoms. The highest BCUT2D eigenvalue weighted by molar-refractivity contribution is 6.39. The van der Waals surface area contributed by atoms with Crippen LogP contribution in [-0.4, -0.2) is 24.6 Å². The summed E-state index contributed by atoms with van der Waals surface area (Å²) in [6.07, 6.45) is -3.28. The number of hydrogen-bond donors (Lipinski definition) is 2. The van der Waals surface area contributed by atoms with Crippen LogP contribution in [0.5, 0.6) is 11.5 Å². The first-order chi connectivity index (χ1) is 17.2. The second-order valence-electron chi connectivity index (χ2n) is 7.59. The number of halogens is 3. The second-order valence-corrected chi connectivity index (χ2v) is 7.59. The fraction of sp³-hybridized carbons (Fsp3) is 0.192. The molecule has 3 aromatic carbocycles. The van der Waals surface area contributed by atoms with Crippen molar-refractivity contribution in [2.45, 2.75) is 26.6 Å². The minimum Gasteiger partial charge on any atom is -0.490 e. The molecule has 188 valence electrons. The molecule has 3 rings (SSSR count). The molecule has 2 N–H and O–H groups in total. The number of carbonyl (C=O) groups is 2. The van der Waals surface area contributed by atoms with E-state index in [1.807, 2.05) is 43.5 Å². The van der Waals surface area contributed by atoms with Gasteiger partial charge >= 0.3 is 18.0 Å². The van der Waals surface area contributed by atoms with Gasteiger partial charge in [0.1, 0.15) is 6.61 Å². The molecule has 0 fully saturated rings. The van der Waals surface area contributed by atoms with Gasteiger partial charge in [-0.3, -0.25) is 9.59 Å². The Hall–Kier alpha value is -4.34. The summed E-state index contributed by atoms with van der Waals surface area (Å²) in [6.45, 7) is 4.58. The molecule has 0 aliphatic heterocycles. The summed E-state index contributed by atoms with van der Waals surface area (Å²) in [5.41, 5.74) is 3.62. The highest BCUT2D eigenvalue weighted by atomic mass is 19.4. The molecule has 0 saturated heterocycles. The van der Waals surface area contributed by atoms with E-state index >= 15 is 0 Å². The molecule has 7 nitrogen and oxygen atoms in total. The number of anilines is 1. The van der Waals surface area contributed by atoms with Gasteiger partial charge in [0.2, 0.25) is 0 Å². The minimum absolute atomic E-state index is 0.170. The molecule has 3 aromatic rings. The summed E-state index contributed by atoms with van der Waals surface area (Å²) in [6, 6.07) is 16.9. The molecule has 0 heterocycles. The third-order valence-electron chi connectivity index (χ3n) is 4.95. The number of aryl methyl sites for hydroxylation is 1. The number of rotatable bonds is 8. The standard InChI is InChI=1S/C26H24F3N3O4/c1-3-35-23-13-18(11-12-22(23)36-16-19-8-5-4-7-17(19)2)15-30-32-25(34)24(33)31-21-10-6-9-20(14-21)26(27,28)29/h4-15H,3,16H2,1-2H3,(H,31,33)(H,32,34). The number of nitrogens with one attached hydrogen (secondary N) is 2. The summed E-state index contributed by atoms with van der Waals surface area (Å²) in [5.74, 6) is -1.31. The van der Waals surface area contributed by atoms with E-state index in [1.165, 1.54) is 12.3 Å². The van der Waals surface area contributed by atoms with Crippen molar-refractivity contribution in [3.8, 4) is 11.5 Å². The van der Waals surface area contributed by atoms with Crippen LogP contribution in [0.4, 0.5) is 18.9 Å². The monoisotopic (exact) mass is 499 g/mol. The largest absolute Gasteiger partial charge is 0.490 e. The quantitative estimate of drug-likeness (QED) is 0.257. The lowest BCUT2D eigenvalue weighted by atomic mass is 10.1. The van der Waals surface area contributed by atoms with E-state index in [4.69, 9.17) is 9.47 Å². The normalized spacial score (nSPS) is 11.2. The Morgan fingerprint density at radius 2 is 1.72 bits per heavy atom. The molecular weight excluding hydrogens is 475 g/mol. The zero-order valence-electron chi connectivity index (χ0n) is 19.6. The fourth-order valence-electron chi connectivity index (χ4n) is 3.10. The highest BCUT2D eigenvalue weighted by Crippen LogP contribution is 2.31. The van der Waals surface area contributed by atoms with Crippen molar-refractivity contribution < 1.29 is 32.2 Å². The Bertz CT molecular complexity index is 1260. The number of hydrazone groups is 1. The van der Waals surface area contributed by atoms with E-state index in [1.54, 1.807) is 18.2 Å². The van der Waals surface area contributed by atoms with Crippen LogP contribution in [-0.2, 0) is 22.4 Å². The van der Waals surface area contributed by atoms with Gasteiger partial charge < -0.3 is 14.8 Å². The van der Waals surface area contributed by atoms with Crippen molar-refractivity contribution in [3.63, 3.8) is 0 Å². The van der Waals surface area contributed by atoms with Crippen molar-refractivity contribution in [1.82, 2.24) is 5.43 Å². The lowest BCUT2D eigenvalue weighted by molar-refractivity contribution is -0.137. The summed E-state index contributed by atoms with van der Waals surface area (Å²) in [7, 11) is 0. The number of alkyl halides is 3. The summed E-state index contributed by atoms with van der Waals surface area (Å²) in [4.78, 5) is 24.0. The first-order valence-electron chi connectivity index (χ1n) is 10.9. The number of nitrogens with zero attached hydrogens (tertiary/aromatic N) is 1. The Balaban J connectivity index is 1.60. The number of amides is 2. The molecule has 0 aromatic heterocycles. The van der Waals surface area contributed by atoms with Crippen LogP contribution < -0.4 is 20.2 Å².